The molecule has 1 aromatic carbocycles. The highest BCUT2D eigenvalue weighted by Crippen LogP contribution is 2.24. The topological polar surface area (TPSA) is 64.1 Å². The Morgan fingerprint density at radius 3 is 2.79 bits per heavy atom. The van der Waals surface area contributed by atoms with E-state index in [1.54, 1.807) is 7.11 Å². The number of nitrogens with zero attached hydrogens (tertiary/aromatic N) is 2. The van der Waals surface area contributed by atoms with Crippen molar-refractivity contribution < 1.29 is 9.53 Å². The van der Waals surface area contributed by atoms with Gasteiger partial charge in [-0.25, -0.2) is 4.98 Å². The van der Waals surface area contributed by atoms with E-state index in [0.717, 1.165) is 11.3 Å². The van der Waals surface area contributed by atoms with Gasteiger partial charge in [0, 0.05) is 18.0 Å². The van der Waals surface area contributed by atoms with Crippen molar-refractivity contribution in [3.63, 3.8) is 0 Å². The van der Waals surface area contributed by atoms with E-state index >= 15 is 0 Å². The van der Waals surface area contributed by atoms with Crippen molar-refractivity contribution in [3.8, 4) is 5.75 Å². The van der Waals surface area contributed by atoms with Crippen LogP contribution in [-0.2, 0) is 0 Å². The van der Waals surface area contributed by atoms with Crippen LogP contribution in [0, 0.1) is 0 Å². The number of hydrogen-bond acceptors (Lipinski definition) is 4. The summed E-state index contributed by atoms with van der Waals surface area (Å²) in [6.45, 7) is 1.89. The normalized spacial score (nSPS) is 11.7. The molecule has 1 N–H and O–H groups in total. The van der Waals surface area contributed by atoms with Gasteiger partial charge in [0.25, 0.3) is 5.91 Å². The summed E-state index contributed by atoms with van der Waals surface area (Å²) >= 11 is 0. The number of carbonyl (C=O) groups is 1. The molecule has 2 aromatic rings. The van der Waals surface area contributed by atoms with Crippen LogP contribution in [0.25, 0.3) is 0 Å². The van der Waals surface area contributed by atoms with E-state index < -0.39 is 0 Å². The first-order valence-electron chi connectivity index (χ1n) is 5.92. The van der Waals surface area contributed by atoms with Crippen LogP contribution in [-0.4, -0.2) is 23.0 Å². The lowest BCUT2D eigenvalue weighted by atomic mass is 10.1. The van der Waals surface area contributed by atoms with Crippen molar-refractivity contribution in [2.75, 3.05) is 7.11 Å². The molecule has 5 heteroatoms. The Morgan fingerprint density at radius 1 is 1.32 bits per heavy atom. The van der Waals surface area contributed by atoms with Crippen molar-refractivity contribution in [1.29, 1.82) is 0 Å². The highest BCUT2D eigenvalue weighted by atomic mass is 16.5. The Hall–Kier alpha value is -2.43. The predicted octanol–water partition coefficient (Wildman–Crippen LogP) is 1.98. The molecule has 0 aliphatic heterocycles. The third-order valence-electron chi connectivity index (χ3n) is 2.75. The number of hydrogen-bond donors (Lipinski definition) is 1. The van der Waals surface area contributed by atoms with Crippen molar-refractivity contribution >= 4 is 5.91 Å². The first-order chi connectivity index (χ1) is 9.22. The fourth-order valence-electron chi connectivity index (χ4n) is 1.79. The predicted molar refractivity (Wildman–Crippen MR) is 70.9 cm³/mol. The van der Waals surface area contributed by atoms with Crippen LogP contribution in [0.15, 0.2) is 42.9 Å². The average molecular weight is 257 g/mol. The number of nitrogens with one attached hydrogen (secondary N) is 1. The van der Waals surface area contributed by atoms with E-state index in [1.807, 2.05) is 31.2 Å². The highest BCUT2D eigenvalue weighted by molar-refractivity contribution is 5.92. The molecule has 2 rings (SSSR count). The van der Waals surface area contributed by atoms with Crippen LogP contribution in [0.5, 0.6) is 5.75 Å². The minimum atomic E-state index is -0.258. The Bertz CT molecular complexity index is 558. The number of para-hydroxylation sites is 1. The quantitative estimate of drug-likeness (QED) is 0.909. The Kier molecular flexibility index (Phi) is 4.07. The molecule has 1 heterocycles. The zero-order chi connectivity index (χ0) is 13.7. The number of methoxy groups -OCH3 is 1. The van der Waals surface area contributed by atoms with E-state index in [9.17, 15) is 4.79 Å². The van der Waals surface area contributed by atoms with Crippen LogP contribution in [0.3, 0.4) is 0 Å². The summed E-state index contributed by atoms with van der Waals surface area (Å²) in [6, 6.07) is 7.40. The smallest absolute Gasteiger partial charge is 0.271 e. The lowest BCUT2D eigenvalue weighted by Gasteiger charge is -2.16. The maximum Gasteiger partial charge on any atom is 0.271 e. The summed E-state index contributed by atoms with van der Waals surface area (Å²) in [5.74, 6) is 0.487. The van der Waals surface area contributed by atoms with Gasteiger partial charge in [0.1, 0.15) is 11.4 Å². The molecular formula is C14H15N3O2. The Morgan fingerprint density at radius 2 is 2.11 bits per heavy atom. The number of aromatic nitrogens is 2. The molecule has 1 aromatic heterocycles. The van der Waals surface area contributed by atoms with Gasteiger partial charge in [-0.05, 0) is 13.0 Å². The van der Waals surface area contributed by atoms with Gasteiger partial charge in [-0.3, -0.25) is 9.78 Å². The van der Waals surface area contributed by atoms with Crippen LogP contribution in [0.1, 0.15) is 29.0 Å². The Balaban J connectivity index is 2.13. The summed E-state index contributed by atoms with van der Waals surface area (Å²) in [4.78, 5) is 19.8. The molecule has 0 spiro atoms. The van der Waals surface area contributed by atoms with Crippen LogP contribution < -0.4 is 10.1 Å². The molecule has 1 amide bonds. The molecule has 1 atom stereocenters. The molecule has 0 bridgehead atoms. The summed E-state index contributed by atoms with van der Waals surface area (Å²) in [6.07, 6.45) is 4.45. The van der Waals surface area contributed by atoms with Crippen LogP contribution in [0.4, 0.5) is 0 Å². The highest BCUT2D eigenvalue weighted by Gasteiger charge is 2.15. The summed E-state index contributed by atoms with van der Waals surface area (Å²) in [5, 5.41) is 2.87. The SMILES string of the molecule is COc1ccccc1C(C)NC(=O)c1cnccn1. The molecule has 0 fully saturated rings. The molecule has 0 aliphatic carbocycles. The number of rotatable bonds is 4. The standard InChI is InChI=1S/C14H15N3O2/c1-10(11-5-3-4-6-13(11)19-2)17-14(18)12-9-15-7-8-16-12/h3-10H,1-2H3,(H,17,18). The van der Waals surface area contributed by atoms with Crippen LogP contribution in [0.2, 0.25) is 0 Å². The maximum absolute atomic E-state index is 12.0. The molecule has 19 heavy (non-hydrogen) atoms. The third-order valence-corrected chi connectivity index (χ3v) is 2.75. The third kappa shape index (κ3) is 3.07. The van der Waals surface area contributed by atoms with Gasteiger partial charge in [0.05, 0.1) is 19.3 Å². The molecule has 98 valence electrons. The number of carbonyl (C=O) groups excluding carboxylic acids is 1. The zero-order valence-electron chi connectivity index (χ0n) is 10.8. The monoisotopic (exact) mass is 257 g/mol. The summed E-state index contributed by atoms with van der Waals surface area (Å²) in [7, 11) is 1.61. The molecule has 0 saturated heterocycles. The summed E-state index contributed by atoms with van der Waals surface area (Å²) in [5.41, 5.74) is 1.21. The van der Waals surface area contributed by atoms with Gasteiger partial charge in [0.2, 0.25) is 0 Å². The van der Waals surface area contributed by atoms with E-state index in [1.165, 1.54) is 18.6 Å². The molecule has 0 saturated carbocycles. The second-order valence-corrected chi connectivity index (χ2v) is 4.03. The lowest BCUT2D eigenvalue weighted by Crippen LogP contribution is -2.27. The van der Waals surface area contributed by atoms with Gasteiger partial charge in [0.15, 0.2) is 0 Å². The van der Waals surface area contributed by atoms with E-state index in [-0.39, 0.29) is 11.9 Å². The van der Waals surface area contributed by atoms with Gasteiger partial charge < -0.3 is 10.1 Å². The second-order valence-electron chi connectivity index (χ2n) is 4.03. The van der Waals surface area contributed by atoms with Gasteiger partial charge in [-0.2, -0.15) is 0 Å². The number of ether oxygens (including phenoxy) is 1. The van der Waals surface area contributed by atoms with E-state index in [2.05, 4.69) is 15.3 Å². The van der Waals surface area contributed by atoms with Crippen molar-refractivity contribution in [1.82, 2.24) is 15.3 Å². The van der Waals surface area contributed by atoms with Crippen molar-refractivity contribution in [2.24, 2.45) is 0 Å². The number of benzene rings is 1. The number of amides is 1. The van der Waals surface area contributed by atoms with Gasteiger partial charge in [-0.15, -0.1) is 0 Å². The second kappa shape index (κ2) is 5.95. The lowest BCUT2D eigenvalue weighted by molar-refractivity contribution is 0.0934. The zero-order valence-corrected chi connectivity index (χ0v) is 10.8. The largest absolute Gasteiger partial charge is 0.496 e. The summed E-state index contributed by atoms with van der Waals surface area (Å²) < 4.78 is 5.27. The van der Waals surface area contributed by atoms with E-state index in [0.29, 0.717) is 5.69 Å². The fourth-order valence-corrected chi connectivity index (χ4v) is 1.79. The minimum Gasteiger partial charge on any atom is -0.496 e. The average Bonchev–Trinajstić information content (AvgIpc) is 2.48. The minimum absolute atomic E-state index is 0.175. The molecule has 0 radical (unpaired) electrons. The van der Waals surface area contributed by atoms with Crippen molar-refractivity contribution in [3.05, 3.63) is 54.1 Å². The first-order valence-corrected chi connectivity index (χ1v) is 5.92. The molecule has 5 nitrogen and oxygen atoms in total. The van der Waals surface area contributed by atoms with Crippen LogP contribution >= 0.6 is 0 Å². The molecule has 1 unspecified atom stereocenters. The molecular weight excluding hydrogens is 242 g/mol. The van der Waals surface area contributed by atoms with Gasteiger partial charge in [-0.1, -0.05) is 18.2 Å². The molecule has 0 aliphatic rings. The first kappa shape index (κ1) is 13.0. The van der Waals surface area contributed by atoms with E-state index in [4.69, 9.17) is 4.74 Å². The fraction of sp³-hybridized carbons (Fsp3) is 0.214. The van der Waals surface area contributed by atoms with Gasteiger partial charge >= 0.3 is 0 Å². The maximum atomic E-state index is 12.0. The Labute approximate surface area is 111 Å². The van der Waals surface area contributed by atoms with Crippen molar-refractivity contribution in [2.45, 2.75) is 13.0 Å².